The zero-order valence-corrected chi connectivity index (χ0v) is 13.9. The van der Waals surface area contributed by atoms with Gasteiger partial charge in [0.05, 0.1) is 0 Å². The molecule has 0 aromatic heterocycles. The van der Waals surface area contributed by atoms with Crippen LogP contribution in [0.25, 0.3) is 6.08 Å². The van der Waals surface area contributed by atoms with Crippen LogP contribution in [0.2, 0.25) is 5.02 Å². The molecular weight excluding hydrogens is 326 g/mol. The van der Waals surface area contributed by atoms with Gasteiger partial charge in [-0.2, -0.15) is 5.26 Å². The Morgan fingerprint density at radius 3 is 2.42 bits per heavy atom. The molecule has 0 aliphatic rings. The number of aryl methyl sites for hydroxylation is 1. The van der Waals surface area contributed by atoms with Crippen LogP contribution < -0.4 is 4.74 Å². The van der Waals surface area contributed by atoms with Crippen LogP contribution in [0.15, 0.2) is 54.1 Å². The van der Waals surface area contributed by atoms with Crippen molar-refractivity contribution in [2.45, 2.75) is 6.92 Å². The number of nitriles is 1. The lowest BCUT2D eigenvalue weighted by Crippen LogP contribution is -2.13. The predicted molar refractivity (Wildman–Crippen MR) is 92.7 cm³/mol. The maximum Gasteiger partial charge on any atom is 0.349 e. The SMILES string of the molecule is Cc1ccc(/C=C(\C#N)C(=O)OCCOc2ccc(Cl)cc2)cc1. The molecule has 0 aliphatic heterocycles. The minimum absolute atomic E-state index is 0.0500. The molecule has 0 N–H and O–H groups in total. The summed E-state index contributed by atoms with van der Waals surface area (Å²) in [5, 5.41) is 9.73. The van der Waals surface area contributed by atoms with E-state index in [0.717, 1.165) is 11.1 Å². The first kappa shape index (κ1) is 17.6. The predicted octanol–water partition coefficient (Wildman–Crippen LogP) is 4.18. The standard InChI is InChI=1S/C19H16ClNO3/c1-14-2-4-15(5-3-14)12-16(13-21)19(22)24-11-10-23-18-8-6-17(20)7-9-18/h2-9,12H,10-11H2,1H3/b16-12+. The normalized spacial score (nSPS) is 10.8. The lowest BCUT2D eigenvalue weighted by atomic mass is 10.1. The Balaban J connectivity index is 1.84. The van der Waals surface area contributed by atoms with Gasteiger partial charge in [0.1, 0.15) is 30.6 Å². The fourth-order valence-corrected chi connectivity index (χ4v) is 1.99. The fourth-order valence-electron chi connectivity index (χ4n) is 1.87. The summed E-state index contributed by atoms with van der Waals surface area (Å²) in [5.41, 5.74) is 1.82. The van der Waals surface area contributed by atoms with Gasteiger partial charge in [-0.05, 0) is 42.8 Å². The number of nitrogens with zero attached hydrogens (tertiary/aromatic N) is 1. The summed E-state index contributed by atoms with van der Waals surface area (Å²) in [5.74, 6) is -0.0380. The second kappa shape index (κ2) is 8.76. The number of hydrogen-bond donors (Lipinski definition) is 0. The summed E-state index contributed by atoms with van der Waals surface area (Å²) in [7, 11) is 0. The highest BCUT2D eigenvalue weighted by atomic mass is 35.5. The van der Waals surface area contributed by atoms with E-state index in [4.69, 9.17) is 26.3 Å². The van der Waals surface area contributed by atoms with Crippen molar-refractivity contribution in [2.75, 3.05) is 13.2 Å². The Morgan fingerprint density at radius 2 is 1.79 bits per heavy atom. The molecule has 0 spiro atoms. The Hall–Kier alpha value is -2.77. The van der Waals surface area contributed by atoms with E-state index in [1.165, 1.54) is 6.08 Å². The average Bonchev–Trinajstić information content (AvgIpc) is 2.59. The van der Waals surface area contributed by atoms with E-state index in [2.05, 4.69) is 0 Å². The van der Waals surface area contributed by atoms with Crippen LogP contribution in [0.5, 0.6) is 5.75 Å². The summed E-state index contributed by atoms with van der Waals surface area (Å²) in [6.45, 7) is 2.21. The third kappa shape index (κ3) is 5.45. The van der Waals surface area contributed by atoms with Crippen LogP contribution in [0.4, 0.5) is 0 Å². The van der Waals surface area contributed by atoms with Crippen LogP contribution in [0.1, 0.15) is 11.1 Å². The van der Waals surface area contributed by atoms with Crippen molar-refractivity contribution in [3.8, 4) is 11.8 Å². The average molecular weight is 342 g/mol. The number of rotatable bonds is 6. The highest BCUT2D eigenvalue weighted by Crippen LogP contribution is 2.15. The largest absolute Gasteiger partial charge is 0.490 e. The minimum Gasteiger partial charge on any atom is -0.490 e. The summed E-state index contributed by atoms with van der Waals surface area (Å²) in [4.78, 5) is 11.9. The topological polar surface area (TPSA) is 59.3 Å². The number of benzene rings is 2. The molecule has 0 unspecified atom stereocenters. The number of hydrogen-bond acceptors (Lipinski definition) is 4. The zero-order valence-electron chi connectivity index (χ0n) is 13.2. The third-order valence-electron chi connectivity index (χ3n) is 3.13. The molecule has 0 atom stereocenters. The summed E-state index contributed by atoms with van der Waals surface area (Å²) < 4.78 is 10.5. The van der Waals surface area contributed by atoms with E-state index < -0.39 is 5.97 Å². The van der Waals surface area contributed by atoms with Crippen LogP contribution in [-0.4, -0.2) is 19.2 Å². The Morgan fingerprint density at radius 1 is 1.12 bits per heavy atom. The van der Waals surface area contributed by atoms with Gasteiger partial charge in [0.15, 0.2) is 0 Å². The van der Waals surface area contributed by atoms with Crippen molar-refractivity contribution in [2.24, 2.45) is 0 Å². The lowest BCUT2D eigenvalue weighted by molar-refractivity contribution is -0.139. The van der Waals surface area contributed by atoms with E-state index in [1.54, 1.807) is 24.3 Å². The molecule has 0 saturated carbocycles. The van der Waals surface area contributed by atoms with E-state index in [1.807, 2.05) is 37.3 Å². The van der Waals surface area contributed by atoms with Crippen molar-refractivity contribution in [3.05, 3.63) is 70.3 Å². The van der Waals surface area contributed by atoms with Gasteiger partial charge in [-0.1, -0.05) is 41.4 Å². The molecule has 0 saturated heterocycles. The molecule has 24 heavy (non-hydrogen) atoms. The summed E-state index contributed by atoms with van der Waals surface area (Å²) in [6, 6.07) is 16.2. The van der Waals surface area contributed by atoms with Gasteiger partial charge in [-0.25, -0.2) is 4.79 Å². The van der Waals surface area contributed by atoms with Gasteiger partial charge in [0, 0.05) is 5.02 Å². The van der Waals surface area contributed by atoms with Crippen LogP contribution in [-0.2, 0) is 9.53 Å². The molecule has 0 radical (unpaired) electrons. The highest BCUT2D eigenvalue weighted by molar-refractivity contribution is 6.30. The summed E-state index contributed by atoms with van der Waals surface area (Å²) in [6.07, 6.45) is 1.50. The van der Waals surface area contributed by atoms with Crippen molar-refractivity contribution >= 4 is 23.6 Å². The first-order valence-electron chi connectivity index (χ1n) is 7.32. The molecule has 4 nitrogen and oxygen atoms in total. The van der Waals surface area contributed by atoms with Crippen LogP contribution in [0.3, 0.4) is 0 Å². The third-order valence-corrected chi connectivity index (χ3v) is 3.38. The maximum atomic E-state index is 11.9. The minimum atomic E-state index is -0.669. The second-order valence-corrected chi connectivity index (χ2v) is 5.46. The molecule has 2 aromatic rings. The molecule has 2 aromatic carbocycles. The van der Waals surface area contributed by atoms with Crippen molar-refractivity contribution in [3.63, 3.8) is 0 Å². The molecular formula is C19H16ClNO3. The monoisotopic (exact) mass is 341 g/mol. The van der Waals surface area contributed by atoms with E-state index in [0.29, 0.717) is 10.8 Å². The number of ether oxygens (including phenoxy) is 2. The number of carbonyl (C=O) groups is 1. The first-order chi connectivity index (χ1) is 11.6. The van der Waals surface area contributed by atoms with Gasteiger partial charge in [-0.15, -0.1) is 0 Å². The Kier molecular flexibility index (Phi) is 6.41. The molecule has 0 bridgehead atoms. The fraction of sp³-hybridized carbons (Fsp3) is 0.158. The molecule has 2 rings (SSSR count). The quantitative estimate of drug-likeness (QED) is 0.342. The molecule has 5 heteroatoms. The number of carbonyl (C=O) groups excluding carboxylic acids is 1. The van der Waals surface area contributed by atoms with Gasteiger partial charge >= 0.3 is 5.97 Å². The molecule has 0 heterocycles. The molecule has 0 fully saturated rings. The van der Waals surface area contributed by atoms with Crippen LogP contribution >= 0.6 is 11.6 Å². The summed E-state index contributed by atoms with van der Waals surface area (Å²) >= 11 is 5.78. The number of halogens is 1. The Labute approximate surface area is 145 Å². The second-order valence-electron chi connectivity index (χ2n) is 5.02. The highest BCUT2D eigenvalue weighted by Gasteiger charge is 2.10. The van der Waals surface area contributed by atoms with E-state index >= 15 is 0 Å². The zero-order chi connectivity index (χ0) is 17.4. The van der Waals surface area contributed by atoms with Crippen LogP contribution in [0, 0.1) is 18.3 Å². The van der Waals surface area contributed by atoms with Gasteiger partial charge in [0.2, 0.25) is 0 Å². The Bertz CT molecular complexity index is 759. The van der Waals surface area contributed by atoms with Crippen molar-refractivity contribution in [1.82, 2.24) is 0 Å². The van der Waals surface area contributed by atoms with Gasteiger partial charge < -0.3 is 9.47 Å². The number of esters is 1. The first-order valence-corrected chi connectivity index (χ1v) is 7.70. The molecule has 0 aliphatic carbocycles. The van der Waals surface area contributed by atoms with E-state index in [-0.39, 0.29) is 18.8 Å². The van der Waals surface area contributed by atoms with Crippen molar-refractivity contribution < 1.29 is 14.3 Å². The smallest absolute Gasteiger partial charge is 0.349 e. The molecule has 0 amide bonds. The molecule has 122 valence electrons. The lowest BCUT2D eigenvalue weighted by Gasteiger charge is -2.07. The van der Waals surface area contributed by atoms with Gasteiger partial charge in [0.25, 0.3) is 0 Å². The van der Waals surface area contributed by atoms with Crippen molar-refractivity contribution in [1.29, 1.82) is 5.26 Å². The maximum absolute atomic E-state index is 11.9. The van der Waals surface area contributed by atoms with Gasteiger partial charge in [-0.3, -0.25) is 0 Å². The van der Waals surface area contributed by atoms with E-state index in [9.17, 15) is 4.79 Å².